The van der Waals surface area contributed by atoms with Gasteiger partial charge in [-0.1, -0.05) is 38.1 Å². The highest BCUT2D eigenvalue weighted by atomic mass is 19.1. The molecule has 0 aromatic heterocycles. The van der Waals surface area contributed by atoms with Crippen molar-refractivity contribution in [2.24, 2.45) is 5.92 Å². The first-order valence-electron chi connectivity index (χ1n) is 14.0. The summed E-state index contributed by atoms with van der Waals surface area (Å²) in [5, 5.41) is 14.4. The van der Waals surface area contributed by atoms with Crippen molar-refractivity contribution >= 4 is 40.9 Å². The lowest BCUT2D eigenvalue weighted by Crippen LogP contribution is -2.42. The number of halogens is 2. The summed E-state index contributed by atoms with van der Waals surface area (Å²) in [5.74, 6) is -3.88. The molecule has 0 aliphatic heterocycles. The summed E-state index contributed by atoms with van der Waals surface area (Å²) >= 11 is 0. The molecule has 44 heavy (non-hydrogen) atoms. The second-order valence-electron chi connectivity index (χ2n) is 10.5. The molecule has 0 fully saturated rings. The van der Waals surface area contributed by atoms with Gasteiger partial charge in [0.05, 0.1) is 23.8 Å². The average Bonchev–Trinajstić information content (AvgIpc) is 2.99. The van der Waals surface area contributed by atoms with E-state index >= 15 is 0 Å². The lowest BCUT2D eigenvalue weighted by Gasteiger charge is -2.26. The van der Waals surface area contributed by atoms with E-state index in [1.807, 2.05) is 13.8 Å². The molecule has 3 N–H and O–H groups in total. The Morgan fingerprint density at radius 1 is 0.909 bits per heavy atom. The molecule has 0 bridgehead atoms. The first-order valence-corrected chi connectivity index (χ1v) is 14.0. The molecule has 0 spiro atoms. The minimum Gasteiger partial charge on any atom is -0.482 e. The highest BCUT2D eigenvalue weighted by Crippen LogP contribution is 2.29. The third kappa shape index (κ3) is 9.25. The van der Waals surface area contributed by atoms with Crippen LogP contribution in [0.5, 0.6) is 5.75 Å². The molecule has 3 rings (SSSR count). The van der Waals surface area contributed by atoms with Crippen molar-refractivity contribution in [3.8, 4) is 5.75 Å². The fraction of sp³-hybridized carbons (Fsp3) is 0.312. The van der Waals surface area contributed by atoms with Crippen LogP contribution in [-0.4, -0.2) is 55.7 Å². The van der Waals surface area contributed by atoms with Crippen molar-refractivity contribution in [2.75, 3.05) is 41.9 Å². The van der Waals surface area contributed by atoms with Gasteiger partial charge in [-0.15, -0.1) is 0 Å². The van der Waals surface area contributed by atoms with Gasteiger partial charge in [-0.3, -0.25) is 14.4 Å². The van der Waals surface area contributed by atoms with Crippen LogP contribution in [0.15, 0.2) is 66.7 Å². The first kappa shape index (κ1) is 33.5. The topological polar surface area (TPSA) is 128 Å². The number of carbonyl (C=O) groups excluding carboxylic acids is 3. The molecule has 0 saturated heterocycles. The Bertz CT molecular complexity index is 1500. The van der Waals surface area contributed by atoms with Gasteiger partial charge in [0.15, 0.2) is 6.61 Å². The van der Waals surface area contributed by atoms with E-state index < -0.39 is 48.0 Å². The molecule has 4 amide bonds. The summed E-state index contributed by atoms with van der Waals surface area (Å²) in [5.41, 5.74) is 0.994. The van der Waals surface area contributed by atoms with Crippen LogP contribution in [0, 0.1) is 17.6 Å². The first-order chi connectivity index (χ1) is 20.9. The van der Waals surface area contributed by atoms with Gasteiger partial charge in [-0.05, 0) is 61.2 Å². The van der Waals surface area contributed by atoms with Crippen molar-refractivity contribution in [1.82, 2.24) is 5.32 Å². The summed E-state index contributed by atoms with van der Waals surface area (Å²) in [6.07, 6.45) is 0.626. The van der Waals surface area contributed by atoms with Gasteiger partial charge in [0.25, 0.3) is 5.91 Å². The Morgan fingerprint density at radius 2 is 1.64 bits per heavy atom. The van der Waals surface area contributed by atoms with Crippen LogP contribution >= 0.6 is 0 Å². The van der Waals surface area contributed by atoms with E-state index in [0.717, 1.165) is 23.1 Å². The molecule has 234 valence electrons. The van der Waals surface area contributed by atoms with Gasteiger partial charge in [0.1, 0.15) is 17.4 Å². The number of amides is 4. The maximum Gasteiger partial charge on any atom is 0.319 e. The van der Waals surface area contributed by atoms with E-state index in [0.29, 0.717) is 23.4 Å². The molecule has 1 atom stereocenters. The number of nitrogens with zero attached hydrogens (tertiary/aromatic N) is 2. The third-order valence-corrected chi connectivity index (χ3v) is 6.80. The molecule has 0 aliphatic carbocycles. The number of likely N-dealkylation sites (N-methyl/N-ethyl adjacent to an activating group) is 1. The van der Waals surface area contributed by atoms with Crippen LogP contribution in [0.3, 0.4) is 0 Å². The fourth-order valence-electron chi connectivity index (χ4n) is 4.14. The Balaban J connectivity index is 1.70. The van der Waals surface area contributed by atoms with Crippen LogP contribution in [0.2, 0.25) is 0 Å². The summed E-state index contributed by atoms with van der Waals surface area (Å²) in [4.78, 5) is 52.5. The predicted molar refractivity (Wildman–Crippen MR) is 163 cm³/mol. The number of aliphatic carboxylic acids is 1. The standard InChI is InChI=1S/C32H36F2N4O6/c1-20(2)14-15-38(29(39)18-35-32(43)36-24-9-7-8-22(16-24)21(3)31(41)42)26-10-5-6-11-28(26)44-19-30(40)37(4)27-17-23(33)12-13-25(27)34/h5-13,16-17,20-21H,14-15,18-19H2,1-4H3,(H,41,42)(H2,35,36,43). The zero-order valence-electron chi connectivity index (χ0n) is 25.0. The number of hydrogen-bond donors (Lipinski definition) is 3. The largest absolute Gasteiger partial charge is 0.482 e. The van der Waals surface area contributed by atoms with Crippen LogP contribution < -0.4 is 25.2 Å². The maximum absolute atomic E-state index is 14.2. The highest BCUT2D eigenvalue weighted by Gasteiger charge is 2.22. The summed E-state index contributed by atoms with van der Waals surface area (Å²) in [7, 11) is 1.30. The number of para-hydroxylation sites is 2. The van der Waals surface area contributed by atoms with Crippen molar-refractivity contribution in [2.45, 2.75) is 33.1 Å². The van der Waals surface area contributed by atoms with Crippen LogP contribution in [0.4, 0.5) is 30.6 Å². The van der Waals surface area contributed by atoms with Crippen molar-refractivity contribution in [3.63, 3.8) is 0 Å². The molecule has 1 unspecified atom stereocenters. The minimum absolute atomic E-state index is 0.208. The smallest absolute Gasteiger partial charge is 0.319 e. The second-order valence-corrected chi connectivity index (χ2v) is 10.5. The van der Waals surface area contributed by atoms with Crippen LogP contribution in [0.25, 0.3) is 0 Å². The Hall–Kier alpha value is -5.00. The quantitative estimate of drug-likeness (QED) is 0.238. The van der Waals surface area contributed by atoms with E-state index in [1.54, 1.807) is 48.5 Å². The molecule has 0 aliphatic rings. The van der Waals surface area contributed by atoms with Crippen LogP contribution in [-0.2, 0) is 14.4 Å². The fourth-order valence-corrected chi connectivity index (χ4v) is 4.14. The highest BCUT2D eigenvalue weighted by molar-refractivity contribution is 5.99. The Kier molecular flexibility index (Phi) is 11.8. The lowest BCUT2D eigenvalue weighted by molar-refractivity contribution is -0.138. The molecule has 12 heteroatoms. The van der Waals surface area contributed by atoms with E-state index in [-0.39, 0.29) is 30.4 Å². The summed E-state index contributed by atoms with van der Waals surface area (Å²) in [6.45, 7) is 4.93. The molecular weight excluding hydrogens is 574 g/mol. The summed E-state index contributed by atoms with van der Waals surface area (Å²) in [6, 6.07) is 15.1. The van der Waals surface area contributed by atoms with Crippen LogP contribution in [0.1, 0.15) is 38.7 Å². The maximum atomic E-state index is 14.2. The number of carboxylic acids is 1. The Labute approximate surface area is 254 Å². The number of carboxylic acid groups (broad SMARTS) is 1. The lowest BCUT2D eigenvalue weighted by atomic mass is 10.0. The number of carbonyl (C=O) groups is 4. The zero-order valence-corrected chi connectivity index (χ0v) is 25.0. The molecule has 0 saturated carbocycles. The van der Waals surface area contributed by atoms with Gasteiger partial charge in [0.2, 0.25) is 5.91 Å². The molecular formula is C32H36F2N4O6. The van der Waals surface area contributed by atoms with Gasteiger partial charge < -0.3 is 30.3 Å². The number of urea groups is 1. The monoisotopic (exact) mass is 610 g/mol. The number of anilines is 3. The minimum atomic E-state index is -1.00. The van der Waals surface area contributed by atoms with E-state index in [2.05, 4.69) is 10.6 Å². The summed E-state index contributed by atoms with van der Waals surface area (Å²) < 4.78 is 33.6. The zero-order chi connectivity index (χ0) is 32.4. The normalized spacial score (nSPS) is 11.4. The molecule has 3 aromatic carbocycles. The number of nitrogens with one attached hydrogen (secondary N) is 2. The van der Waals surface area contributed by atoms with Gasteiger partial charge in [-0.2, -0.15) is 0 Å². The molecule has 0 heterocycles. The molecule has 3 aromatic rings. The van der Waals surface area contributed by atoms with E-state index in [4.69, 9.17) is 4.74 Å². The van der Waals surface area contributed by atoms with Gasteiger partial charge >= 0.3 is 12.0 Å². The van der Waals surface area contributed by atoms with E-state index in [9.17, 15) is 33.1 Å². The van der Waals surface area contributed by atoms with Gasteiger partial charge in [0, 0.05) is 25.3 Å². The number of benzene rings is 3. The number of rotatable bonds is 13. The van der Waals surface area contributed by atoms with Gasteiger partial charge in [-0.25, -0.2) is 13.6 Å². The second kappa shape index (κ2) is 15.5. The molecule has 0 radical (unpaired) electrons. The SMILES string of the molecule is CC(C)CCN(C(=O)CNC(=O)Nc1cccc(C(C)C(=O)O)c1)c1ccccc1OCC(=O)N(C)c1cc(F)ccc1F. The van der Waals surface area contributed by atoms with Crippen molar-refractivity contribution < 1.29 is 37.8 Å². The average molecular weight is 611 g/mol. The third-order valence-electron chi connectivity index (χ3n) is 6.80. The van der Waals surface area contributed by atoms with Crippen molar-refractivity contribution in [1.29, 1.82) is 0 Å². The number of ether oxygens (including phenoxy) is 1. The van der Waals surface area contributed by atoms with E-state index in [1.165, 1.54) is 18.9 Å². The number of hydrogen-bond acceptors (Lipinski definition) is 5. The Morgan fingerprint density at radius 3 is 2.34 bits per heavy atom. The molecule has 10 nitrogen and oxygen atoms in total. The van der Waals surface area contributed by atoms with Crippen molar-refractivity contribution in [3.05, 3.63) is 83.9 Å². The predicted octanol–water partition coefficient (Wildman–Crippen LogP) is 5.40.